The lowest BCUT2D eigenvalue weighted by molar-refractivity contribution is -0.149. The third kappa shape index (κ3) is 2.20. The standard InChI is InChI=1S/C9H15NO3S/c1-3-5-9(7(11)13-4-2)6-14-8(12)10-9/h3-6H2,1-2H3,(H,10,12). The van der Waals surface area contributed by atoms with E-state index in [9.17, 15) is 9.59 Å². The molecule has 0 spiro atoms. The molecule has 1 atom stereocenters. The van der Waals surface area contributed by atoms with Crippen molar-refractivity contribution in [1.82, 2.24) is 5.32 Å². The van der Waals surface area contributed by atoms with Gasteiger partial charge >= 0.3 is 5.97 Å². The van der Waals surface area contributed by atoms with Crippen LogP contribution in [0.5, 0.6) is 0 Å². The summed E-state index contributed by atoms with van der Waals surface area (Å²) in [6.07, 6.45) is 1.49. The average Bonchev–Trinajstić information content (AvgIpc) is 2.50. The zero-order valence-corrected chi connectivity index (χ0v) is 9.28. The average molecular weight is 217 g/mol. The van der Waals surface area contributed by atoms with Crippen LogP contribution >= 0.6 is 11.8 Å². The lowest BCUT2D eigenvalue weighted by atomic mass is 9.96. The van der Waals surface area contributed by atoms with Crippen molar-refractivity contribution in [1.29, 1.82) is 0 Å². The second-order valence-corrected chi connectivity index (χ2v) is 4.20. The Hall–Kier alpha value is -0.710. The van der Waals surface area contributed by atoms with Crippen molar-refractivity contribution >= 4 is 23.0 Å². The van der Waals surface area contributed by atoms with Crippen LogP contribution in [0.3, 0.4) is 0 Å². The number of hydrogen-bond donors (Lipinski definition) is 1. The molecule has 1 heterocycles. The summed E-state index contributed by atoms with van der Waals surface area (Å²) in [5, 5.41) is 2.57. The second kappa shape index (κ2) is 4.68. The van der Waals surface area contributed by atoms with Gasteiger partial charge in [-0.1, -0.05) is 25.1 Å². The van der Waals surface area contributed by atoms with Gasteiger partial charge < -0.3 is 10.1 Å². The van der Waals surface area contributed by atoms with E-state index < -0.39 is 5.54 Å². The molecule has 1 unspecified atom stereocenters. The molecular formula is C9H15NO3S. The molecule has 0 aromatic heterocycles. The molecule has 1 aliphatic rings. The van der Waals surface area contributed by atoms with E-state index >= 15 is 0 Å². The summed E-state index contributed by atoms with van der Waals surface area (Å²) in [4.78, 5) is 22.7. The van der Waals surface area contributed by atoms with Gasteiger partial charge in [0.05, 0.1) is 6.61 Å². The highest BCUT2D eigenvalue weighted by Gasteiger charge is 2.45. The van der Waals surface area contributed by atoms with E-state index in [-0.39, 0.29) is 11.2 Å². The van der Waals surface area contributed by atoms with Crippen LogP contribution < -0.4 is 5.32 Å². The first-order chi connectivity index (χ1) is 6.64. The molecule has 0 saturated carbocycles. The Morgan fingerprint density at radius 2 is 2.36 bits per heavy atom. The molecular weight excluding hydrogens is 202 g/mol. The predicted octanol–water partition coefficient (Wildman–Crippen LogP) is 1.54. The monoisotopic (exact) mass is 217 g/mol. The predicted molar refractivity (Wildman–Crippen MR) is 55.3 cm³/mol. The van der Waals surface area contributed by atoms with E-state index in [2.05, 4.69) is 5.32 Å². The fourth-order valence-electron chi connectivity index (χ4n) is 1.50. The molecule has 0 aromatic carbocycles. The van der Waals surface area contributed by atoms with Crippen LogP contribution in [0, 0.1) is 0 Å². The van der Waals surface area contributed by atoms with Crippen molar-refractivity contribution in [2.75, 3.05) is 12.4 Å². The molecule has 1 fully saturated rings. The van der Waals surface area contributed by atoms with Gasteiger partial charge in [0.15, 0.2) is 0 Å². The second-order valence-electron chi connectivity index (χ2n) is 3.25. The van der Waals surface area contributed by atoms with Crippen LogP contribution in [-0.2, 0) is 9.53 Å². The van der Waals surface area contributed by atoms with Gasteiger partial charge in [-0.05, 0) is 13.3 Å². The smallest absolute Gasteiger partial charge is 0.332 e. The third-order valence-electron chi connectivity index (χ3n) is 2.13. The van der Waals surface area contributed by atoms with Gasteiger partial charge in [-0.2, -0.15) is 0 Å². The zero-order chi connectivity index (χ0) is 10.6. The SMILES string of the molecule is CCCC1(C(=O)OCC)CSC(=O)N1. The zero-order valence-electron chi connectivity index (χ0n) is 8.46. The normalized spacial score (nSPS) is 26.0. The number of hydrogen-bond acceptors (Lipinski definition) is 4. The van der Waals surface area contributed by atoms with Crippen LogP contribution in [0.2, 0.25) is 0 Å². The fraction of sp³-hybridized carbons (Fsp3) is 0.778. The van der Waals surface area contributed by atoms with E-state index in [1.165, 1.54) is 0 Å². The molecule has 4 nitrogen and oxygen atoms in total. The summed E-state index contributed by atoms with van der Waals surface area (Å²) in [7, 11) is 0. The summed E-state index contributed by atoms with van der Waals surface area (Å²) in [5.74, 6) is 0.179. The first-order valence-electron chi connectivity index (χ1n) is 4.77. The summed E-state index contributed by atoms with van der Waals surface area (Å²) in [6.45, 7) is 4.10. The molecule has 5 heteroatoms. The molecule has 0 radical (unpaired) electrons. The van der Waals surface area contributed by atoms with Gasteiger partial charge in [-0.15, -0.1) is 0 Å². The number of amides is 1. The number of esters is 1. The van der Waals surface area contributed by atoms with Gasteiger partial charge in [0.2, 0.25) is 0 Å². The van der Waals surface area contributed by atoms with Crippen LogP contribution in [0.15, 0.2) is 0 Å². The number of carbonyl (C=O) groups is 2. The summed E-state index contributed by atoms with van der Waals surface area (Å²) < 4.78 is 4.96. The van der Waals surface area contributed by atoms with Crippen molar-refractivity contribution in [3.05, 3.63) is 0 Å². The number of carbonyl (C=O) groups excluding carboxylic acids is 2. The molecule has 0 aliphatic carbocycles. The minimum atomic E-state index is -0.771. The lowest BCUT2D eigenvalue weighted by Gasteiger charge is -2.24. The van der Waals surface area contributed by atoms with Crippen LogP contribution in [-0.4, -0.2) is 29.1 Å². The van der Waals surface area contributed by atoms with Crippen LogP contribution in [0.4, 0.5) is 4.79 Å². The third-order valence-corrected chi connectivity index (χ3v) is 3.14. The molecule has 1 rings (SSSR count). The largest absolute Gasteiger partial charge is 0.464 e. The molecule has 14 heavy (non-hydrogen) atoms. The highest BCUT2D eigenvalue weighted by molar-refractivity contribution is 8.14. The van der Waals surface area contributed by atoms with Gasteiger partial charge in [-0.25, -0.2) is 4.79 Å². The van der Waals surface area contributed by atoms with Crippen LogP contribution in [0.1, 0.15) is 26.7 Å². The first kappa shape index (κ1) is 11.4. The number of ether oxygens (including phenoxy) is 1. The Morgan fingerprint density at radius 3 is 2.79 bits per heavy atom. The molecule has 1 amide bonds. The van der Waals surface area contributed by atoms with Gasteiger partial charge in [-0.3, -0.25) is 4.79 Å². The summed E-state index contributed by atoms with van der Waals surface area (Å²) in [5.41, 5.74) is -0.771. The minimum absolute atomic E-state index is 0.133. The van der Waals surface area contributed by atoms with Crippen molar-refractivity contribution in [2.45, 2.75) is 32.2 Å². The Labute approximate surface area is 87.8 Å². The quantitative estimate of drug-likeness (QED) is 0.726. The van der Waals surface area contributed by atoms with Crippen molar-refractivity contribution in [2.24, 2.45) is 0 Å². The molecule has 1 saturated heterocycles. The Bertz CT molecular complexity index is 244. The van der Waals surface area contributed by atoms with E-state index in [1.54, 1.807) is 6.92 Å². The van der Waals surface area contributed by atoms with E-state index in [0.29, 0.717) is 18.8 Å². The highest BCUT2D eigenvalue weighted by atomic mass is 32.2. The van der Waals surface area contributed by atoms with Gasteiger partial charge in [0.25, 0.3) is 5.24 Å². The topological polar surface area (TPSA) is 55.4 Å². The van der Waals surface area contributed by atoms with E-state index in [4.69, 9.17) is 4.74 Å². The fourth-order valence-corrected chi connectivity index (χ4v) is 2.48. The van der Waals surface area contributed by atoms with E-state index in [1.807, 2.05) is 6.92 Å². The molecule has 1 aliphatic heterocycles. The molecule has 0 aromatic rings. The lowest BCUT2D eigenvalue weighted by Crippen LogP contribution is -2.51. The Balaban J connectivity index is 2.71. The van der Waals surface area contributed by atoms with Crippen LogP contribution in [0.25, 0.3) is 0 Å². The van der Waals surface area contributed by atoms with Gasteiger partial charge in [0, 0.05) is 5.75 Å². The summed E-state index contributed by atoms with van der Waals surface area (Å²) >= 11 is 1.15. The molecule has 80 valence electrons. The number of rotatable bonds is 4. The Morgan fingerprint density at radius 1 is 1.64 bits per heavy atom. The van der Waals surface area contributed by atoms with Crippen molar-refractivity contribution < 1.29 is 14.3 Å². The molecule has 0 bridgehead atoms. The van der Waals surface area contributed by atoms with Gasteiger partial charge in [0.1, 0.15) is 5.54 Å². The first-order valence-corrected chi connectivity index (χ1v) is 5.75. The maximum atomic E-state index is 11.7. The maximum absolute atomic E-state index is 11.7. The minimum Gasteiger partial charge on any atom is -0.464 e. The van der Waals surface area contributed by atoms with Crippen molar-refractivity contribution in [3.8, 4) is 0 Å². The molecule has 1 N–H and O–H groups in total. The Kier molecular flexibility index (Phi) is 3.80. The maximum Gasteiger partial charge on any atom is 0.332 e. The number of thioether (sulfide) groups is 1. The van der Waals surface area contributed by atoms with Crippen molar-refractivity contribution in [3.63, 3.8) is 0 Å². The summed E-state index contributed by atoms with van der Waals surface area (Å²) in [6, 6.07) is 0. The number of nitrogens with one attached hydrogen (secondary N) is 1. The highest BCUT2D eigenvalue weighted by Crippen LogP contribution is 2.28. The van der Waals surface area contributed by atoms with E-state index in [0.717, 1.165) is 18.2 Å².